The Bertz CT molecular complexity index is 371. The summed E-state index contributed by atoms with van der Waals surface area (Å²) >= 11 is 6.16. The van der Waals surface area contributed by atoms with Gasteiger partial charge in [0.2, 0.25) is 0 Å². The zero-order valence-electron chi connectivity index (χ0n) is 11.2. The number of halogens is 2. The topological polar surface area (TPSA) is 21.3 Å². The van der Waals surface area contributed by atoms with Crippen LogP contribution in [0.5, 0.6) is 5.75 Å². The van der Waals surface area contributed by atoms with Gasteiger partial charge in [0.1, 0.15) is 0 Å². The van der Waals surface area contributed by atoms with Crippen molar-refractivity contribution in [2.24, 2.45) is 5.92 Å². The maximum absolute atomic E-state index is 13.8. The third kappa shape index (κ3) is 4.83. The highest BCUT2D eigenvalue weighted by Crippen LogP contribution is 2.19. The van der Waals surface area contributed by atoms with Crippen LogP contribution in [0.4, 0.5) is 4.39 Å². The van der Waals surface area contributed by atoms with Gasteiger partial charge in [0.15, 0.2) is 11.6 Å². The Hall–Kier alpha value is -0.800. The molecule has 1 aromatic rings. The fourth-order valence-corrected chi connectivity index (χ4v) is 2.27. The van der Waals surface area contributed by atoms with Crippen LogP contribution in [0, 0.1) is 11.7 Å². The first-order chi connectivity index (χ1) is 8.54. The van der Waals surface area contributed by atoms with E-state index in [9.17, 15) is 4.39 Å². The van der Waals surface area contributed by atoms with Crippen molar-refractivity contribution in [3.05, 3.63) is 29.6 Å². The fourth-order valence-electron chi connectivity index (χ4n) is 1.81. The van der Waals surface area contributed by atoms with Crippen molar-refractivity contribution in [2.45, 2.75) is 32.2 Å². The van der Waals surface area contributed by atoms with Gasteiger partial charge in [-0.2, -0.15) is 0 Å². The molecule has 1 N–H and O–H groups in total. The molecule has 0 aromatic heterocycles. The summed E-state index contributed by atoms with van der Waals surface area (Å²) in [6, 6.07) is 5.14. The van der Waals surface area contributed by atoms with Crippen molar-refractivity contribution in [3.8, 4) is 5.75 Å². The molecule has 0 aliphatic carbocycles. The highest BCUT2D eigenvalue weighted by molar-refractivity contribution is 6.20. The van der Waals surface area contributed by atoms with Crippen molar-refractivity contribution in [1.29, 1.82) is 0 Å². The third-order valence-electron chi connectivity index (χ3n) is 2.67. The van der Waals surface area contributed by atoms with Gasteiger partial charge in [0.05, 0.1) is 7.11 Å². The number of alkyl halides is 1. The first-order valence-electron chi connectivity index (χ1n) is 6.20. The number of hydrogen-bond donors (Lipinski definition) is 1. The molecule has 1 atom stereocenters. The molecule has 1 rings (SSSR count). The van der Waals surface area contributed by atoms with Crippen molar-refractivity contribution >= 4 is 11.6 Å². The molecule has 4 heteroatoms. The second kappa shape index (κ2) is 7.59. The smallest absolute Gasteiger partial charge is 0.169 e. The number of ether oxygens (including phenoxy) is 1. The number of methoxy groups -OCH3 is 1. The van der Waals surface area contributed by atoms with E-state index < -0.39 is 0 Å². The van der Waals surface area contributed by atoms with E-state index in [0.29, 0.717) is 24.6 Å². The summed E-state index contributed by atoms with van der Waals surface area (Å²) < 4.78 is 18.7. The Morgan fingerprint density at radius 2 is 2.11 bits per heavy atom. The molecule has 0 fully saturated rings. The maximum Gasteiger partial charge on any atom is 0.169 e. The van der Waals surface area contributed by atoms with Crippen LogP contribution >= 0.6 is 11.6 Å². The van der Waals surface area contributed by atoms with Crippen LogP contribution in [0.2, 0.25) is 0 Å². The Morgan fingerprint density at radius 1 is 1.39 bits per heavy atom. The van der Waals surface area contributed by atoms with Gasteiger partial charge in [0, 0.05) is 24.0 Å². The minimum absolute atomic E-state index is 0.0821. The molecule has 2 nitrogen and oxygen atoms in total. The molecule has 0 saturated heterocycles. The SMILES string of the molecule is COc1cccc(CNCC(Cl)CC(C)C)c1F. The number of rotatable bonds is 7. The molecule has 0 aliphatic heterocycles. The van der Waals surface area contributed by atoms with E-state index in [1.807, 2.05) is 0 Å². The van der Waals surface area contributed by atoms with Crippen molar-refractivity contribution in [1.82, 2.24) is 5.32 Å². The Kier molecular flexibility index (Phi) is 6.44. The molecule has 102 valence electrons. The summed E-state index contributed by atoms with van der Waals surface area (Å²) in [6.07, 6.45) is 0.954. The fraction of sp³-hybridized carbons (Fsp3) is 0.571. The molecule has 1 unspecified atom stereocenters. The molecular formula is C14H21ClFNO. The molecule has 0 aliphatic rings. The predicted octanol–water partition coefficient (Wildman–Crippen LogP) is 3.58. The highest BCUT2D eigenvalue weighted by atomic mass is 35.5. The Labute approximate surface area is 113 Å². The van der Waals surface area contributed by atoms with Gasteiger partial charge >= 0.3 is 0 Å². The van der Waals surface area contributed by atoms with Crippen LogP contribution in [0.1, 0.15) is 25.8 Å². The first kappa shape index (κ1) is 15.3. The van der Waals surface area contributed by atoms with Crippen LogP contribution in [0.15, 0.2) is 18.2 Å². The van der Waals surface area contributed by atoms with Gasteiger partial charge in [-0.3, -0.25) is 0 Å². The molecular weight excluding hydrogens is 253 g/mol. The molecule has 0 bridgehead atoms. The lowest BCUT2D eigenvalue weighted by Crippen LogP contribution is -2.24. The number of hydrogen-bond acceptors (Lipinski definition) is 2. The minimum atomic E-state index is -0.303. The largest absolute Gasteiger partial charge is 0.494 e. The van der Waals surface area contributed by atoms with E-state index in [1.165, 1.54) is 7.11 Å². The average molecular weight is 274 g/mol. The maximum atomic E-state index is 13.8. The quantitative estimate of drug-likeness (QED) is 0.767. The van der Waals surface area contributed by atoms with Gasteiger partial charge in [0.25, 0.3) is 0 Å². The molecule has 0 radical (unpaired) electrons. The van der Waals surface area contributed by atoms with Gasteiger partial charge in [-0.05, 0) is 18.4 Å². The molecule has 1 aromatic carbocycles. The van der Waals surface area contributed by atoms with Crippen LogP contribution in [-0.2, 0) is 6.54 Å². The predicted molar refractivity (Wildman–Crippen MR) is 73.8 cm³/mol. The monoisotopic (exact) mass is 273 g/mol. The molecule has 0 saturated carbocycles. The van der Waals surface area contributed by atoms with Crippen LogP contribution in [0.25, 0.3) is 0 Å². The van der Waals surface area contributed by atoms with Crippen LogP contribution in [-0.4, -0.2) is 19.0 Å². The van der Waals surface area contributed by atoms with E-state index in [4.69, 9.17) is 16.3 Å². The van der Waals surface area contributed by atoms with Crippen molar-refractivity contribution in [2.75, 3.05) is 13.7 Å². The average Bonchev–Trinajstić information content (AvgIpc) is 2.30. The van der Waals surface area contributed by atoms with Gasteiger partial charge in [-0.15, -0.1) is 11.6 Å². The highest BCUT2D eigenvalue weighted by Gasteiger charge is 2.10. The second-order valence-electron chi connectivity index (χ2n) is 4.79. The van der Waals surface area contributed by atoms with Gasteiger partial charge < -0.3 is 10.1 Å². The Balaban J connectivity index is 2.44. The van der Waals surface area contributed by atoms with Gasteiger partial charge in [-0.25, -0.2) is 4.39 Å². The van der Waals surface area contributed by atoms with E-state index in [0.717, 1.165) is 6.42 Å². The lowest BCUT2D eigenvalue weighted by Gasteiger charge is -2.13. The summed E-state index contributed by atoms with van der Waals surface area (Å²) in [5, 5.41) is 3.25. The van der Waals surface area contributed by atoms with E-state index in [2.05, 4.69) is 19.2 Å². The zero-order valence-corrected chi connectivity index (χ0v) is 11.9. The zero-order chi connectivity index (χ0) is 13.5. The van der Waals surface area contributed by atoms with Gasteiger partial charge in [-0.1, -0.05) is 26.0 Å². The van der Waals surface area contributed by atoms with E-state index >= 15 is 0 Å². The summed E-state index contributed by atoms with van der Waals surface area (Å²) in [4.78, 5) is 0. The summed E-state index contributed by atoms with van der Waals surface area (Å²) in [7, 11) is 1.47. The third-order valence-corrected chi connectivity index (χ3v) is 3.00. The van der Waals surface area contributed by atoms with E-state index in [1.54, 1.807) is 18.2 Å². The molecule has 18 heavy (non-hydrogen) atoms. The lowest BCUT2D eigenvalue weighted by atomic mass is 10.1. The summed E-state index contributed by atoms with van der Waals surface area (Å²) in [6.45, 7) is 5.41. The molecule has 0 heterocycles. The Morgan fingerprint density at radius 3 is 2.72 bits per heavy atom. The summed E-state index contributed by atoms with van der Waals surface area (Å²) in [5.74, 6) is 0.546. The van der Waals surface area contributed by atoms with Crippen molar-refractivity contribution < 1.29 is 9.13 Å². The minimum Gasteiger partial charge on any atom is -0.494 e. The first-order valence-corrected chi connectivity index (χ1v) is 6.64. The second-order valence-corrected chi connectivity index (χ2v) is 5.41. The lowest BCUT2D eigenvalue weighted by molar-refractivity contribution is 0.383. The van der Waals surface area contributed by atoms with E-state index in [-0.39, 0.29) is 16.9 Å². The standard InChI is InChI=1S/C14H21ClFNO/c1-10(2)7-12(15)9-17-8-11-5-4-6-13(18-3)14(11)16/h4-6,10,12,17H,7-9H2,1-3H3. The van der Waals surface area contributed by atoms with Crippen LogP contribution < -0.4 is 10.1 Å². The summed E-state index contributed by atoms with van der Waals surface area (Å²) in [5.41, 5.74) is 0.600. The molecule has 0 spiro atoms. The normalized spacial score (nSPS) is 12.8. The van der Waals surface area contributed by atoms with Crippen molar-refractivity contribution in [3.63, 3.8) is 0 Å². The number of nitrogens with one attached hydrogen (secondary N) is 1. The van der Waals surface area contributed by atoms with Crippen LogP contribution in [0.3, 0.4) is 0 Å². The molecule has 0 amide bonds. The number of benzene rings is 1.